The Morgan fingerprint density at radius 3 is 2.47 bits per heavy atom. The highest BCUT2D eigenvalue weighted by molar-refractivity contribution is 6.30. The second kappa shape index (κ2) is 9.40. The minimum absolute atomic E-state index is 0.101. The molecule has 0 unspecified atom stereocenters. The Bertz CT molecular complexity index is 1120. The molecule has 0 spiro atoms. The number of hydrogen-bond acceptors (Lipinski definition) is 3. The number of piperidine rings is 1. The Morgan fingerprint density at radius 2 is 1.81 bits per heavy atom. The first kappa shape index (κ1) is 21.8. The van der Waals surface area contributed by atoms with E-state index in [-0.39, 0.29) is 24.1 Å². The number of methoxy groups -OCH3 is 1. The van der Waals surface area contributed by atoms with E-state index in [4.69, 9.17) is 16.3 Å². The number of carbonyl (C=O) groups excluding carboxylic acids is 2. The average molecular weight is 453 g/mol. The molecule has 1 aliphatic heterocycles. The van der Waals surface area contributed by atoms with E-state index in [0.29, 0.717) is 34.1 Å². The Kier molecular flexibility index (Phi) is 6.42. The third-order valence-corrected chi connectivity index (χ3v) is 5.82. The number of rotatable bonds is 5. The normalized spacial score (nSPS) is 18.3. The van der Waals surface area contributed by atoms with Gasteiger partial charge in [0.15, 0.2) is 0 Å². The predicted octanol–water partition coefficient (Wildman–Crippen LogP) is 5.61. The van der Waals surface area contributed by atoms with E-state index in [1.165, 1.54) is 12.1 Å². The van der Waals surface area contributed by atoms with Crippen LogP contribution in [-0.4, -0.2) is 18.9 Å². The fraction of sp³-hybridized carbons (Fsp3) is 0.200. The second-order valence-electron chi connectivity index (χ2n) is 7.60. The van der Waals surface area contributed by atoms with Crippen LogP contribution >= 0.6 is 11.6 Å². The zero-order valence-electron chi connectivity index (χ0n) is 17.4. The van der Waals surface area contributed by atoms with Crippen molar-refractivity contribution >= 4 is 34.8 Å². The number of ether oxygens (including phenoxy) is 1. The molecule has 5 nitrogen and oxygen atoms in total. The van der Waals surface area contributed by atoms with Crippen molar-refractivity contribution in [2.75, 3.05) is 17.3 Å². The van der Waals surface area contributed by atoms with E-state index in [0.717, 1.165) is 0 Å². The molecule has 1 N–H and O–H groups in total. The van der Waals surface area contributed by atoms with Crippen molar-refractivity contribution < 1.29 is 18.7 Å². The summed E-state index contributed by atoms with van der Waals surface area (Å²) >= 11 is 6.05. The van der Waals surface area contributed by atoms with Crippen molar-refractivity contribution in [2.24, 2.45) is 5.92 Å². The van der Waals surface area contributed by atoms with Gasteiger partial charge in [0.2, 0.25) is 11.8 Å². The van der Waals surface area contributed by atoms with Crippen LogP contribution in [0.1, 0.15) is 24.4 Å². The molecule has 32 heavy (non-hydrogen) atoms. The van der Waals surface area contributed by atoms with Crippen molar-refractivity contribution in [2.45, 2.75) is 18.9 Å². The molecule has 2 amide bonds. The van der Waals surface area contributed by atoms with Crippen LogP contribution in [0.25, 0.3) is 0 Å². The van der Waals surface area contributed by atoms with Gasteiger partial charge in [-0.05, 0) is 66.6 Å². The first-order chi connectivity index (χ1) is 15.5. The molecule has 164 valence electrons. The van der Waals surface area contributed by atoms with Crippen LogP contribution in [0.2, 0.25) is 5.02 Å². The van der Waals surface area contributed by atoms with Gasteiger partial charge in [0.05, 0.1) is 19.1 Å². The summed E-state index contributed by atoms with van der Waals surface area (Å²) in [6, 6.07) is 19.3. The van der Waals surface area contributed by atoms with Gasteiger partial charge >= 0.3 is 0 Å². The molecular weight excluding hydrogens is 431 g/mol. The van der Waals surface area contributed by atoms with Crippen LogP contribution < -0.4 is 15.0 Å². The van der Waals surface area contributed by atoms with Crippen molar-refractivity contribution in [1.29, 1.82) is 0 Å². The SMILES string of the molecule is COc1ccc(N2C(=O)CC[C@H](C(=O)Nc3cccc(Cl)c3)[C@@H]2c2ccc(F)cc2)cc1. The van der Waals surface area contributed by atoms with Gasteiger partial charge < -0.3 is 15.0 Å². The van der Waals surface area contributed by atoms with E-state index in [1.807, 2.05) is 0 Å². The van der Waals surface area contributed by atoms with E-state index in [9.17, 15) is 14.0 Å². The molecule has 2 atom stereocenters. The zero-order valence-corrected chi connectivity index (χ0v) is 18.2. The number of amides is 2. The summed E-state index contributed by atoms with van der Waals surface area (Å²) in [4.78, 5) is 28.0. The van der Waals surface area contributed by atoms with E-state index in [2.05, 4.69) is 5.32 Å². The highest BCUT2D eigenvalue weighted by Gasteiger charge is 2.41. The molecule has 1 saturated heterocycles. The molecule has 0 aromatic heterocycles. The molecule has 0 radical (unpaired) electrons. The second-order valence-corrected chi connectivity index (χ2v) is 8.04. The summed E-state index contributed by atoms with van der Waals surface area (Å²) in [5.74, 6) is -0.596. The smallest absolute Gasteiger partial charge is 0.229 e. The molecule has 1 aliphatic rings. The summed E-state index contributed by atoms with van der Waals surface area (Å²) in [5, 5.41) is 3.42. The fourth-order valence-electron chi connectivity index (χ4n) is 4.06. The first-order valence-electron chi connectivity index (χ1n) is 10.2. The van der Waals surface area contributed by atoms with Gasteiger partial charge in [-0.3, -0.25) is 9.59 Å². The van der Waals surface area contributed by atoms with Crippen molar-refractivity contribution in [3.63, 3.8) is 0 Å². The summed E-state index contributed by atoms with van der Waals surface area (Å²) in [6.07, 6.45) is 0.595. The van der Waals surface area contributed by atoms with Gasteiger partial charge in [-0.1, -0.05) is 29.8 Å². The third kappa shape index (κ3) is 4.60. The van der Waals surface area contributed by atoms with Crippen LogP contribution in [0.15, 0.2) is 72.8 Å². The van der Waals surface area contributed by atoms with Gasteiger partial charge in [0.25, 0.3) is 0 Å². The average Bonchev–Trinajstić information content (AvgIpc) is 2.79. The topological polar surface area (TPSA) is 58.6 Å². The monoisotopic (exact) mass is 452 g/mol. The standard InChI is InChI=1S/C25H22ClFN2O3/c1-32-21-11-9-20(10-12-21)29-23(30)14-13-22(24(29)16-5-7-18(27)8-6-16)25(31)28-19-4-2-3-17(26)15-19/h2-12,15,22,24H,13-14H2,1H3,(H,28,31)/t22-,24-/m0/s1. The maximum absolute atomic E-state index is 13.6. The molecule has 3 aromatic rings. The number of nitrogens with one attached hydrogen (secondary N) is 1. The summed E-state index contributed by atoms with van der Waals surface area (Å²) in [6.45, 7) is 0. The van der Waals surface area contributed by atoms with Gasteiger partial charge in [-0.15, -0.1) is 0 Å². The lowest BCUT2D eigenvalue weighted by Gasteiger charge is -2.41. The summed E-state index contributed by atoms with van der Waals surface area (Å²) in [7, 11) is 1.57. The zero-order chi connectivity index (χ0) is 22.7. The van der Waals surface area contributed by atoms with Gasteiger partial charge in [0, 0.05) is 22.8 Å². The molecule has 0 saturated carbocycles. The largest absolute Gasteiger partial charge is 0.497 e. The molecule has 0 aliphatic carbocycles. The lowest BCUT2D eigenvalue weighted by atomic mass is 9.83. The van der Waals surface area contributed by atoms with Crippen LogP contribution in [0, 0.1) is 11.7 Å². The van der Waals surface area contributed by atoms with Gasteiger partial charge in [-0.25, -0.2) is 4.39 Å². The van der Waals surface area contributed by atoms with E-state index in [1.54, 1.807) is 72.7 Å². The number of benzene rings is 3. The molecule has 3 aromatic carbocycles. The van der Waals surface area contributed by atoms with Crippen molar-refractivity contribution in [1.82, 2.24) is 0 Å². The van der Waals surface area contributed by atoms with Crippen LogP contribution in [0.5, 0.6) is 5.75 Å². The Hall–Kier alpha value is -3.38. The number of halogens is 2. The Balaban J connectivity index is 1.73. The van der Waals surface area contributed by atoms with Crippen LogP contribution in [0.4, 0.5) is 15.8 Å². The maximum atomic E-state index is 13.6. The third-order valence-electron chi connectivity index (χ3n) is 5.59. The van der Waals surface area contributed by atoms with Crippen LogP contribution in [0.3, 0.4) is 0 Å². The predicted molar refractivity (Wildman–Crippen MR) is 122 cm³/mol. The molecular formula is C25H22ClFN2O3. The Morgan fingerprint density at radius 1 is 1.09 bits per heavy atom. The van der Waals surface area contributed by atoms with Crippen LogP contribution in [-0.2, 0) is 9.59 Å². The number of hydrogen-bond donors (Lipinski definition) is 1. The summed E-state index contributed by atoms with van der Waals surface area (Å²) in [5.41, 5.74) is 1.90. The van der Waals surface area contributed by atoms with Gasteiger partial charge in [-0.2, -0.15) is 0 Å². The number of nitrogens with zero attached hydrogens (tertiary/aromatic N) is 1. The minimum atomic E-state index is -0.593. The minimum Gasteiger partial charge on any atom is -0.497 e. The molecule has 1 heterocycles. The molecule has 0 bridgehead atoms. The number of carbonyl (C=O) groups is 2. The lowest BCUT2D eigenvalue weighted by molar-refractivity contribution is -0.125. The van der Waals surface area contributed by atoms with Gasteiger partial charge in [0.1, 0.15) is 11.6 Å². The molecule has 1 fully saturated rings. The first-order valence-corrected chi connectivity index (χ1v) is 10.6. The number of anilines is 2. The highest BCUT2D eigenvalue weighted by atomic mass is 35.5. The van der Waals surface area contributed by atoms with E-state index >= 15 is 0 Å². The van der Waals surface area contributed by atoms with E-state index < -0.39 is 12.0 Å². The highest BCUT2D eigenvalue weighted by Crippen LogP contribution is 2.41. The van der Waals surface area contributed by atoms with Crippen molar-refractivity contribution in [3.05, 3.63) is 89.2 Å². The fourth-order valence-corrected chi connectivity index (χ4v) is 4.25. The quantitative estimate of drug-likeness (QED) is 0.547. The molecule has 4 rings (SSSR count). The maximum Gasteiger partial charge on any atom is 0.229 e. The summed E-state index contributed by atoms with van der Waals surface area (Å²) < 4.78 is 18.9. The molecule has 7 heteroatoms. The Labute approximate surface area is 190 Å². The lowest BCUT2D eigenvalue weighted by Crippen LogP contribution is -2.47. The van der Waals surface area contributed by atoms with Crippen molar-refractivity contribution in [3.8, 4) is 5.75 Å².